The van der Waals surface area contributed by atoms with E-state index < -0.39 is 17.7 Å². The molecule has 0 saturated heterocycles. The number of rotatable bonds is 8. The Morgan fingerprint density at radius 2 is 1.55 bits per heavy atom. The number of hydrogen-bond acceptors (Lipinski definition) is 5. The molecule has 29 heavy (non-hydrogen) atoms. The zero-order chi connectivity index (χ0) is 21.0. The Kier molecular flexibility index (Phi) is 6.16. The summed E-state index contributed by atoms with van der Waals surface area (Å²) in [5.74, 6) is -0.0731. The summed E-state index contributed by atoms with van der Waals surface area (Å²) in [7, 11) is 0. The summed E-state index contributed by atoms with van der Waals surface area (Å²) >= 11 is 0. The summed E-state index contributed by atoms with van der Waals surface area (Å²) in [4.78, 5) is 38.3. The summed E-state index contributed by atoms with van der Waals surface area (Å²) in [6.07, 6.45) is 0. The second kappa shape index (κ2) is 8.77. The van der Waals surface area contributed by atoms with E-state index in [0.29, 0.717) is 35.8 Å². The maximum atomic E-state index is 12.5. The number of imide groups is 1. The van der Waals surface area contributed by atoms with Gasteiger partial charge < -0.3 is 14.8 Å². The van der Waals surface area contributed by atoms with Crippen molar-refractivity contribution in [1.29, 1.82) is 0 Å². The van der Waals surface area contributed by atoms with Gasteiger partial charge in [0.15, 0.2) is 11.5 Å². The molecule has 0 aliphatic carbocycles. The van der Waals surface area contributed by atoms with Gasteiger partial charge in [0.05, 0.1) is 30.4 Å². The Morgan fingerprint density at radius 3 is 2.14 bits per heavy atom. The van der Waals surface area contributed by atoms with Gasteiger partial charge in [0.25, 0.3) is 11.8 Å². The molecule has 3 amide bonds. The van der Waals surface area contributed by atoms with Crippen LogP contribution in [0.5, 0.6) is 11.5 Å². The van der Waals surface area contributed by atoms with E-state index in [1.54, 1.807) is 30.3 Å². The Labute approximate surface area is 169 Å². The van der Waals surface area contributed by atoms with Crippen molar-refractivity contribution < 1.29 is 23.9 Å². The van der Waals surface area contributed by atoms with Crippen molar-refractivity contribution in [3.8, 4) is 11.5 Å². The average Bonchev–Trinajstić information content (AvgIpc) is 2.95. The summed E-state index contributed by atoms with van der Waals surface area (Å²) in [5, 5.41) is 2.83. The lowest BCUT2D eigenvalue weighted by Gasteiger charge is -2.19. The third-order valence-corrected chi connectivity index (χ3v) is 4.62. The topological polar surface area (TPSA) is 84.9 Å². The fourth-order valence-corrected chi connectivity index (χ4v) is 3.23. The molecule has 0 spiro atoms. The number of carbonyl (C=O) groups excluding carboxylic acids is 3. The molecule has 3 rings (SSSR count). The number of carbonyl (C=O) groups is 3. The van der Waals surface area contributed by atoms with Crippen LogP contribution in [0, 0.1) is 0 Å². The van der Waals surface area contributed by atoms with E-state index in [-0.39, 0.29) is 12.6 Å². The molecule has 0 aromatic heterocycles. The highest BCUT2D eigenvalue weighted by atomic mass is 16.5. The molecule has 7 heteroatoms. The minimum Gasteiger partial charge on any atom is -0.490 e. The minimum atomic E-state index is -0.451. The van der Waals surface area contributed by atoms with E-state index >= 15 is 0 Å². The van der Waals surface area contributed by atoms with Crippen molar-refractivity contribution in [1.82, 2.24) is 10.2 Å². The third kappa shape index (κ3) is 4.23. The number of amides is 3. The van der Waals surface area contributed by atoms with Crippen LogP contribution in [0.25, 0.3) is 0 Å². The lowest BCUT2D eigenvalue weighted by Crippen LogP contribution is -2.41. The van der Waals surface area contributed by atoms with Gasteiger partial charge in [0, 0.05) is 0 Å². The lowest BCUT2D eigenvalue weighted by molar-refractivity contribution is -0.122. The van der Waals surface area contributed by atoms with Gasteiger partial charge in [-0.3, -0.25) is 19.3 Å². The van der Waals surface area contributed by atoms with Gasteiger partial charge in [-0.05, 0) is 50.6 Å². The van der Waals surface area contributed by atoms with Gasteiger partial charge in [-0.1, -0.05) is 18.2 Å². The van der Waals surface area contributed by atoms with Crippen molar-refractivity contribution >= 4 is 17.7 Å². The van der Waals surface area contributed by atoms with Crippen LogP contribution in [0.1, 0.15) is 53.1 Å². The molecule has 1 aliphatic rings. The molecule has 2 aromatic rings. The Morgan fingerprint density at radius 1 is 0.966 bits per heavy atom. The zero-order valence-corrected chi connectivity index (χ0v) is 16.7. The molecule has 1 N–H and O–H groups in total. The van der Waals surface area contributed by atoms with E-state index in [0.717, 1.165) is 10.5 Å². The van der Waals surface area contributed by atoms with E-state index in [2.05, 4.69) is 5.32 Å². The third-order valence-electron chi connectivity index (χ3n) is 4.62. The molecule has 2 aromatic carbocycles. The van der Waals surface area contributed by atoms with E-state index in [9.17, 15) is 14.4 Å². The van der Waals surface area contributed by atoms with Crippen LogP contribution in [0.2, 0.25) is 0 Å². The molecule has 0 saturated carbocycles. The van der Waals surface area contributed by atoms with Gasteiger partial charge in [0.1, 0.15) is 6.54 Å². The summed E-state index contributed by atoms with van der Waals surface area (Å²) in [5.41, 5.74) is 1.48. The van der Waals surface area contributed by atoms with Crippen LogP contribution in [0.15, 0.2) is 42.5 Å². The normalized spacial score (nSPS) is 13.8. The first-order valence-corrected chi connectivity index (χ1v) is 9.60. The molecular weight excluding hydrogens is 372 g/mol. The quantitative estimate of drug-likeness (QED) is 0.694. The van der Waals surface area contributed by atoms with E-state index in [1.807, 2.05) is 32.9 Å². The number of hydrogen-bond donors (Lipinski definition) is 1. The highest BCUT2D eigenvalue weighted by Crippen LogP contribution is 2.30. The highest BCUT2D eigenvalue weighted by molar-refractivity contribution is 6.22. The van der Waals surface area contributed by atoms with E-state index in [4.69, 9.17) is 9.47 Å². The molecule has 7 nitrogen and oxygen atoms in total. The van der Waals surface area contributed by atoms with Gasteiger partial charge in [0.2, 0.25) is 5.91 Å². The zero-order valence-electron chi connectivity index (χ0n) is 16.7. The largest absolute Gasteiger partial charge is 0.490 e. The molecule has 0 fully saturated rings. The first-order chi connectivity index (χ1) is 14.0. The second-order valence-corrected chi connectivity index (χ2v) is 6.60. The molecule has 0 unspecified atom stereocenters. The summed E-state index contributed by atoms with van der Waals surface area (Å²) in [6.45, 7) is 6.29. The van der Waals surface area contributed by atoms with E-state index in [1.165, 1.54) is 0 Å². The molecule has 1 atom stereocenters. The van der Waals surface area contributed by atoms with Crippen LogP contribution >= 0.6 is 0 Å². The Hall–Kier alpha value is -3.35. The van der Waals surface area contributed by atoms with Crippen LogP contribution in [-0.2, 0) is 4.79 Å². The van der Waals surface area contributed by atoms with Crippen LogP contribution in [0.3, 0.4) is 0 Å². The lowest BCUT2D eigenvalue weighted by atomic mass is 10.1. The second-order valence-electron chi connectivity index (χ2n) is 6.60. The number of ether oxygens (including phenoxy) is 2. The van der Waals surface area contributed by atoms with Crippen molar-refractivity contribution in [3.05, 3.63) is 59.2 Å². The number of nitrogens with zero attached hydrogens (tertiary/aromatic N) is 1. The summed E-state index contributed by atoms with van der Waals surface area (Å²) in [6, 6.07) is 11.7. The smallest absolute Gasteiger partial charge is 0.262 e. The highest BCUT2D eigenvalue weighted by Gasteiger charge is 2.36. The molecule has 1 heterocycles. The molecular formula is C22H24N2O5. The summed E-state index contributed by atoms with van der Waals surface area (Å²) < 4.78 is 11.2. The van der Waals surface area contributed by atoms with Crippen LogP contribution in [0.4, 0.5) is 0 Å². The van der Waals surface area contributed by atoms with Crippen molar-refractivity contribution in [2.24, 2.45) is 0 Å². The molecule has 0 radical (unpaired) electrons. The van der Waals surface area contributed by atoms with Crippen molar-refractivity contribution in [2.45, 2.75) is 26.8 Å². The van der Waals surface area contributed by atoms with Gasteiger partial charge in [-0.15, -0.1) is 0 Å². The molecule has 152 valence electrons. The maximum absolute atomic E-state index is 12.5. The maximum Gasteiger partial charge on any atom is 0.262 e. The SMILES string of the molecule is CCOc1ccc([C@@H](C)NC(=O)CN2C(=O)c3ccccc3C2=O)cc1OCC. The standard InChI is InChI=1S/C22H24N2O5/c1-4-28-18-11-10-15(12-19(18)29-5-2)14(3)23-20(25)13-24-21(26)16-8-6-7-9-17(16)22(24)27/h6-12,14H,4-5,13H2,1-3H3,(H,23,25)/t14-/m1/s1. The van der Waals surface area contributed by atoms with Crippen molar-refractivity contribution in [2.75, 3.05) is 19.8 Å². The predicted octanol–water partition coefficient (Wildman–Crippen LogP) is 2.96. The first kappa shape index (κ1) is 20.4. The van der Waals surface area contributed by atoms with Crippen LogP contribution < -0.4 is 14.8 Å². The fraction of sp³-hybridized carbons (Fsp3) is 0.318. The predicted molar refractivity (Wildman–Crippen MR) is 107 cm³/mol. The molecule has 0 bridgehead atoms. The monoisotopic (exact) mass is 396 g/mol. The number of fused-ring (bicyclic) bond motifs is 1. The molecule has 1 aliphatic heterocycles. The number of nitrogens with one attached hydrogen (secondary N) is 1. The average molecular weight is 396 g/mol. The Balaban J connectivity index is 1.68. The Bertz CT molecular complexity index is 906. The van der Waals surface area contributed by atoms with Gasteiger partial charge in [-0.25, -0.2) is 0 Å². The first-order valence-electron chi connectivity index (χ1n) is 9.60. The van der Waals surface area contributed by atoms with Gasteiger partial charge in [-0.2, -0.15) is 0 Å². The van der Waals surface area contributed by atoms with Crippen molar-refractivity contribution in [3.63, 3.8) is 0 Å². The van der Waals surface area contributed by atoms with Crippen LogP contribution in [-0.4, -0.2) is 42.4 Å². The number of benzene rings is 2. The van der Waals surface area contributed by atoms with Gasteiger partial charge >= 0.3 is 0 Å². The fourth-order valence-electron chi connectivity index (χ4n) is 3.23. The minimum absolute atomic E-state index is 0.325.